The van der Waals surface area contributed by atoms with Gasteiger partial charge in [-0.05, 0) is 6.42 Å². The van der Waals surface area contributed by atoms with Crippen LogP contribution in [0.1, 0.15) is 6.42 Å². The first kappa shape index (κ1) is 16.6. The SMILES string of the molecule is C=CCN(CC(=O)O)C(=O)C(N)CCS(C)(=O)=O. The number of hydrogen-bond donors (Lipinski definition) is 2. The summed E-state index contributed by atoms with van der Waals surface area (Å²) in [6.07, 6.45) is 2.39. The summed E-state index contributed by atoms with van der Waals surface area (Å²) < 4.78 is 21.9. The van der Waals surface area contributed by atoms with Crippen LogP contribution in [0.25, 0.3) is 0 Å². The summed E-state index contributed by atoms with van der Waals surface area (Å²) in [6.45, 7) is 2.98. The molecule has 0 aromatic carbocycles. The Hall–Kier alpha value is -1.41. The highest BCUT2D eigenvalue weighted by molar-refractivity contribution is 7.90. The summed E-state index contributed by atoms with van der Waals surface area (Å²) in [5.41, 5.74) is 5.55. The molecule has 104 valence electrons. The number of hydrogen-bond acceptors (Lipinski definition) is 5. The molecule has 0 radical (unpaired) electrons. The zero-order valence-electron chi connectivity index (χ0n) is 10.2. The number of rotatable bonds is 8. The third-order valence-corrected chi connectivity index (χ3v) is 3.08. The molecule has 18 heavy (non-hydrogen) atoms. The fraction of sp³-hybridized carbons (Fsp3) is 0.600. The third kappa shape index (κ3) is 7.02. The smallest absolute Gasteiger partial charge is 0.323 e. The third-order valence-electron chi connectivity index (χ3n) is 2.10. The van der Waals surface area contributed by atoms with E-state index in [2.05, 4.69) is 6.58 Å². The molecule has 0 saturated heterocycles. The molecule has 0 aromatic heterocycles. The Bertz CT molecular complexity index is 418. The van der Waals surface area contributed by atoms with Crippen LogP contribution >= 0.6 is 0 Å². The molecule has 0 aliphatic rings. The monoisotopic (exact) mass is 278 g/mol. The predicted molar refractivity (Wildman–Crippen MR) is 66.7 cm³/mol. The second-order valence-corrected chi connectivity index (χ2v) is 6.19. The van der Waals surface area contributed by atoms with Crippen molar-refractivity contribution in [3.05, 3.63) is 12.7 Å². The van der Waals surface area contributed by atoms with Gasteiger partial charge in [0.1, 0.15) is 16.4 Å². The average molecular weight is 278 g/mol. The van der Waals surface area contributed by atoms with Gasteiger partial charge in [-0.15, -0.1) is 6.58 Å². The van der Waals surface area contributed by atoms with Gasteiger partial charge in [0, 0.05) is 12.8 Å². The van der Waals surface area contributed by atoms with Crippen molar-refractivity contribution in [2.45, 2.75) is 12.5 Å². The van der Waals surface area contributed by atoms with Crippen LogP contribution in [0.4, 0.5) is 0 Å². The largest absolute Gasteiger partial charge is 0.480 e. The molecule has 1 unspecified atom stereocenters. The summed E-state index contributed by atoms with van der Waals surface area (Å²) in [6, 6.07) is -1.03. The first-order valence-electron chi connectivity index (χ1n) is 5.22. The fourth-order valence-electron chi connectivity index (χ4n) is 1.25. The molecule has 0 fully saturated rings. The van der Waals surface area contributed by atoms with E-state index in [1.165, 1.54) is 6.08 Å². The van der Waals surface area contributed by atoms with Crippen molar-refractivity contribution in [3.63, 3.8) is 0 Å². The average Bonchev–Trinajstić information content (AvgIpc) is 2.22. The molecule has 0 saturated carbocycles. The zero-order valence-corrected chi connectivity index (χ0v) is 11.0. The Balaban J connectivity index is 4.55. The summed E-state index contributed by atoms with van der Waals surface area (Å²) in [7, 11) is -3.20. The second kappa shape index (κ2) is 7.12. The molecular weight excluding hydrogens is 260 g/mol. The Labute approximate surface area is 106 Å². The van der Waals surface area contributed by atoms with Crippen LogP contribution < -0.4 is 5.73 Å². The minimum atomic E-state index is -3.20. The van der Waals surface area contributed by atoms with E-state index in [4.69, 9.17) is 10.8 Å². The summed E-state index contributed by atoms with van der Waals surface area (Å²) in [5, 5.41) is 8.64. The van der Waals surface area contributed by atoms with Crippen molar-refractivity contribution in [1.82, 2.24) is 4.90 Å². The maximum atomic E-state index is 11.8. The fourth-order valence-corrected chi connectivity index (χ4v) is 1.93. The van der Waals surface area contributed by atoms with Crippen LogP contribution in [0, 0.1) is 0 Å². The van der Waals surface area contributed by atoms with E-state index in [1.807, 2.05) is 0 Å². The molecule has 7 nitrogen and oxygen atoms in total. The molecule has 1 amide bonds. The van der Waals surface area contributed by atoms with Crippen molar-refractivity contribution in [1.29, 1.82) is 0 Å². The Morgan fingerprint density at radius 1 is 1.50 bits per heavy atom. The molecule has 8 heteroatoms. The number of carboxylic acids is 1. The van der Waals surface area contributed by atoms with Crippen LogP contribution in [0.2, 0.25) is 0 Å². The number of aliphatic carboxylic acids is 1. The molecule has 0 aliphatic heterocycles. The van der Waals surface area contributed by atoms with Crippen molar-refractivity contribution in [2.24, 2.45) is 5.73 Å². The first-order chi connectivity index (χ1) is 8.17. The molecule has 0 bridgehead atoms. The number of carbonyl (C=O) groups excluding carboxylic acids is 1. The van der Waals surface area contributed by atoms with Gasteiger partial charge in [-0.2, -0.15) is 0 Å². The molecule has 0 aliphatic carbocycles. The van der Waals surface area contributed by atoms with Crippen molar-refractivity contribution in [3.8, 4) is 0 Å². The lowest BCUT2D eigenvalue weighted by molar-refractivity contribution is -0.144. The van der Waals surface area contributed by atoms with Gasteiger partial charge in [-0.3, -0.25) is 9.59 Å². The number of carbonyl (C=O) groups is 2. The van der Waals surface area contributed by atoms with E-state index in [-0.39, 0.29) is 18.7 Å². The van der Waals surface area contributed by atoms with Crippen molar-refractivity contribution < 1.29 is 23.1 Å². The first-order valence-corrected chi connectivity index (χ1v) is 7.28. The standard InChI is InChI=1S/C10H18N2O5S/c1-3-5-12(7-9(13)14)10(15)8(11)4-6-18(2,16)17/h3,8H,1,4-7,11H2,2H3,(H,13,14). The lowest BCUT2D eigenvalue weighted by Crippen LogP contribution is -2.46. The normalized spacial score (nSPS) is 12.8. The van der Waals surface area contributed by atoms with Gasteiger partial charge in [0.2, 0.25) is 5.91 Å². The van der Waals surface area contributed by atoms with Crippen LogP contribution in [0.5, 0.6) is 0 Å². The van der Waals surface area contributed by atoms with E-state index in [9.17, 15) is 18.0 Å². The van der Waals surface area contributed by atoms with E-state index in [1.54, 1.807) is 0 Å². The van der Waals surface area contributed by atoms with Gasteiger partial charge in [0.05, 0.1) is 11.8 Å². The number of sulfone groups is 1. The number of nitrogens with two attached hydrogens (primary N) is 1. The maximum Gasteiger partial charge on any atom is 0.323 e. The Morgan fingerprint density at radius 3 is 2.44 bits per heavy atom. The van der Waals surface area contributed by atoms with Crippen LogP contribution in [0.3, 0.4) is 0 Å². The maximum absolute atomic E-state index is 11.8. The lowest BCUT2D eigenvalue weighted by atomic mass is 10.2. The van der Waals surface area contributed by atoms with Gasteiger partial charge >= 0.3 is 5.97 Å². The molecule has 1 atom stereocenters. The highest BCUT2D eigenvalue weighted by atomic mass is 32.2. The van der Waals surface area contributed by atoms with Crippen molar-refractivity contribution in [2.75, 3.05) is 25.1 Å². The molecule has 0 heterocycles. The number of carboxylic acid groups (broad SMARTS) is 1. The molecular formula is C10H18N2O5S. The van der Waals surface area contributed by atoms with Crippen LogP contribution in [-0.2, 0) is 19.4 Å². The number of amides is 1. The van der Waals surface area contributed by atoms with Crippen molar-refractivity contribution >= 4 is 21.7 Å². The quantitative estimate of drug-likeness (QED) is 0.541. The number of nitrogens with zero attached hydrogens (tertiary/aromatic N) is 1. The Morgan fingerprint density at radius 2 is 2.06 bits per heavy atom. The van der Waals surface area contributed by atoms with E-state index in [0.29, 0.717) is 0 Å². The molecule has 0 rings (SSSR count). The van der Waals surface area contributed by atoms with Gasteiger partial charge in [0.15, 0.2) is 0 Å². The van der Waals surface area contributed by atoms with Gasteiger partial charge in [0.25, 0.3) is 0 Å². The molecule has 3 N–H and O–H groups in total. The minimum Gasteiger partial charge on any atom is -0.480 e. The van der Waals surface area contributed by atoms with Gasteiger partial charge in [-0.1, -0.05) is 6.08 Å². The zero-order chi connectivity index (χ0) is 14.3. The van der Waals surface area contributed by atoms with E-state index >= 15 is 0 Å². The minimum absolute atomic E-state index is 0.0368. The summed E-state index contributed by atoms with van der Waals surface area (Å²) >= 11 is 0. The Kier molecular flexibility index (Phi) is 6.56. The van der Waals surface area contributed by atoms with Crippen LogP contribution in [-0.4, -0.2) is 61.4 Å². The van der Waals surface area contributed by atoms with Crippen LogP contribution in [0.15, 0.2) is 12.7 Å². The lowest BCUT2D eigenvalue weighted by Gasteiger charge is -2.22. The van der Waals surface area contributed by atoms with Gasteiger partial charge < -0.3 is 15.7 Å². The van der Waals surface area contributed by atoms with Gasteiger partial charge in [-0.25, -0.2) is 8.42 Å². The summed E-state index contributed by atoms with van der Waals surface area (Å²) in [4.78, 5) is 23.4. The highest BCUT2D eigenvalue weighted by Gasteiger charge is 2.22. The highest BCUT2D eigenvalue weighted by Crippen LogP contribution is 2.00. The predicted octanol–water partition coefficient (Wildman–Crippen LogP) is -1.15. The molecule has 0 spiro atoms. The second-order valence-electron chi connectivity index (χ2n) is 3.93. The topological polar surface area (TPSA) is 118 Å². The van der Waals surface area contributed by atoms with E-state index in [0.717, 1.165) is 11.2 Å². The molecule has 0 aromatic rings. The summed E-state index contributed by atoms with van der Waals surface area (Å²) in [5.74, 6) is -1.98. The van der Waals surface area contributed by atoms with E-state index < -0.39 is 34.3 Å².